The average molecular weight is 363 g/mol. The van der Waals surface area contributed by atoms with E-state index < -0.39 is 0 Å². The Morgan fingerprint density at radius 1 is 1.19 bits per heavy atom. The number of Topliss-reactive ketones (excluding diaryl/α,β-unsaturated/α-hetero) is 1. The fourth-order valence-electron chi connectivity index (χ4n) is 3.35. The topological polar surface area (TPSA) is 46.6 Å². The Kier molecular flexibility index (Phi) is 6.07. The quantitative estimate of drug-likeness (QED) is 0.563. The van der Waals surface area contributed by atoms with Gasteiger partial charge in [-0.3, -0.25) is 9.59 Å². The Labute approximate surface area is 160 Å². The van der Waals surface area contributed by atoms with Crippen molar-refractivity contribution in [2.75, 3.05) is 24.6 Å². The third kappa shape index (κ3) is 4.64. The smallest absolute Gasteiger partial charge is 0.305 e. The molecule has 0 bridgehead atoms. The zero-order valence-electron chi connectivity index (χ0n) is 15.9. The maximum Gasteiger partial charge on any atom is 0.305 e. The van der Waals surface area contributed by atoms with Crippen LogP contribution in [0.15, 0.2) is 54.1 Å². The third-order valence-corrected chi connectivity index (χ3v) is 4.64. The summed E-state index contributed by atoms with van der Waals surface area (Å²) in [6.45, 7) is 5.46. The molecule has 0 saturated heterocycles. The van der Waals surface area contributed by atoms with Gasteiger partial charge in [0.2, 0.25) is 0 Å². The molecule has 0 fully saturated rings. The van der Waals surface area contributed by atoms with Crippen molar-refractivity contribution in [1.82, 2.24) is 0 Å². The summed E-state index contributed by atoms with van der Waals surface area (Å²) in [6, 6.07) is 15.9. The lowest BCUT2D eigenvalue weighted by Crippen LogP contribution is -2.35. The molecule has 0 unspecified atom stereocenters. The molecular formula is C23H25NO3. The molecule has 1 aliphatic heterocycles. The number of hydrogen-bond donors (Lipinski definition) is 0. The molecule has 0 saturated carbocycles. The van der Waals surface area contributed by atoms with Crippen molar-refractivity contribution in [3.8, 4) is 0 Å². The van der Waals surface area contributed by atoms with E-state index in [1.54, 1.807) is 0 Å². The van der Waals surface area contributed by atoms with Crippen molar-refractivity contribution in [1.29, 1.82) is 0 Å². The summed E-state index contributed by atoms with van der Waals surface area (Å²) in [5.74, 6) is -0.0889. The van der Waals surface area contributed by atoms with E-state index >= 15 is 0 Å². The maximum absolute atomic E-state index is 13.0. The van der Waals surface area contributed by atoms with Crippen LogP contribution in [0.5, 0.6) is 0 Å². The zero-order valence-corrected chi connectivity index (χ0v) is 15.9. The van der Waals surface area contributed by atoms with E-state index in [0.29, 0.717) is 32.5 Å². The van der Waals surface area contributed by atoms with Gasteiger partial charge in [0.05, 0.1) is 6.61 Å². The minimum Gasteiger partial charge on any atom is -0.466 e. The number of aryl methyl sites for hydroxylation is 1. The molecule has 27 heavy (non-hydrogen) atoms. The van der Waals surface area contributed by atoms with Crippen LogP contribution in [0.3, 0.4) is 0 Å². The summed E-state index contributed by atoms with van der Waals surface area (Å²) in [5.41, 5.74) is 4.53. The fraction of sp³-hybridized carbons (Fsp3) is 0.304. The lowest BCUT2D eigenvalue weighted by atomic mass is 9.93. The molecule has 1 heterocycles. The van der Waals surface area contributed by atoms with Crippen LogP contribution in [0, 0.1) is 6.92 Å². The third-order valence-electron chi connectivity index (χ3n) is 4.64. The molecule has 0 atom stereocenters. The lowest BCUT2D eigenvalue weighted by molar-refractivity contribution is -0.143. The average Bonchev–Trinajstić information content (AvgIpc) is 2.66. The van der Waals surface area contributed by atoms with Crippen molar-refractivity contribution >= 4 is 23.5 Å². The van der Waals surface area contributed by atoms with Gasteiger partial charge in [0.25, 0.3) is 0 Å². The standard InChI is InChI=1S/C23H25NO3/c1-3-27-22(25)10-7-13-24-16-19(15-18-8-5-4-6-9-18)23(26)20-14-17(2)11-12-21(20)24/h4-6,8-9,11-12,14-15H,3,7,10,13,16H2,1-2H3/b19-15+. The van der Waals surface area contributed by atoms with E-state index in [2.05, 4.69) is 4.90 Å². The number of anilines is 1. The van der Waals surface area contributed by atoms with Crippen LogP contribution in [0.1, 0.15) is 41.3 Å². The number of ketones is 1. The van der Waals surface area contributed by atoms with Gasteiger partial charge in [-0.25, -0.2) is 0 Å². The van der Waals surface area contributed by atoms with Crippen molar-refractivity contribution in [3.05, 3.63) is 70.8 Å². The summed E-state index contributed by atoms with van der Waals surface area (Å²) < 4.78 is 5.01. The monoisotopic (exact) mass is 363 g/mol. The Bertz CT molecular complexity index is 855. The second-order valence-corrected chi connectivity index (χ2v) is 6.76. The van der Waals surface area contributed by atoms with E-state index in [-0.39, 0.29) is 11.8 Å². The molecule has 0 radical (unpaired) electrons. The SMILES string of the molecule is CCOC(=O)CCCN1C/C(=C\c2ccccc2)C(=O)c2cc(C)ccc21. The molecular weight excluding hydrogens is 338 g/mol. The van der Waals surface area contributed by atoms with Crippen LogP contribution in [0.25, 0.3) is 6.08 Å². The Morgan fingerprint density at radius 2 is 1.96 bits per heavy atom. The van der Waals surface area contributed by atoms with Gasteiger partial charge >= 0.3 is 5.97 Å². The highest BCUT2D eigenvalue weighted by Crippen LogP contribution is 2.31. The second kappa shape index (κ2) is 8.67. The maximum atomic E-state index is 13.0. The summed E-state index contributed by atoms with van der Waals surface area (Å²) in [7, 11) is 0. The first-order valence-corrected chi connectivity index (χ1v) is 9.40. The van der Waals surface area contributed by atoms with E-state index in [9.17, 15) is 9.59 Å². The molecule has 0 N–H and O–H groups in total. The first-order valence-electron chi connectivity index (χ1n) is 9.40. The molecule has 4 heteroatoms. The summed E-state index contributed by atoms with van der Waals surface area (Å²) >= 11 is 0. The molecule has 2 aromatic rings. The number of nitrogens with zero attached hydrogens (tertiary/aromatic N) is 1. The van der Waals surface area contributed by atoms with Crippen LogP contribution >= 0.6 is 0 Å². The summed E-state index contributed by atoms with van der Waals surface area (Å²) in [5, 5.41) is 0. The van der Waals surface area contributed by atoms with Gasteiger partial charge in [-0.2, -0.15) is 0 Å². The Balaban J connectivity index is 1.84. The Morgan fingerprint density at radius 3 is 2.70 bits per heavy atom. The number of rotatable bonds is 6. The fourth-order valence-corrected chi connectivity index (χ4v) is 3.35. The normalized spacial score (nSPS) is 15.0. The highest BCUT2D eigenvalue weighted by Gasteiger charge is 2.27. The highest BCUT2D eigenvalue weighted by atomic mass is 16.5. The Hall–Kier alpha value is -2.88. The van der Waals surface area contributed by atoms with Gasteiger partial charge < -0.3 is 9.64 Å². The van der Waals surface area contributed by atoms with Crippen molar-refractivity contribution in [2.24, 2.45) is 0 Å². The number of benzene rings is 2. The van der Waals surface area contributed by atoms with Crippen molar-refractivity contribution in [2.45, 2.75) is 26.7 Å². The number of fused-ring (bicyclic) bond motifs is 1. The van der Waals surface area contributed by atoms with E-state index in [0.717, 1.165) is 28.0 Å². The molecule has 140 valence electrons. The van der Waals surface area contributed by atoms with Crippen LogP contribution in [-0.2, 0) is 9.53 Å². The minimum absolute atomic E-state index is 0.0826. The molecule has 4 nitrogen and oxygen atoms in total. The lowest BCUT2D eigenvalue weighted by Gasteiger charge is -2.32. The van der Waals surface area contributed by atoms with Gasteiger partial charge in [0.1, 0.15) is 0 Å². The van der Waals surface area contributed by atoms with E-state index in [4.69, 9.17) is 4.74 Å². The molecule has 0 aromatic heterocycles. The molecule has 0 amide bonds. The molecule has 3 rings (SSSR count). The van der Waals surface area contributed by atoms with Gasteiger partial charge in [0.15, 0.2) is 5.78 Å². The number of esters is 1. The number of ether oxygens (including phenoxy) is 1. The molecule has 0 spiro atoms. The first-order chi connectivity index (χ1) is 13.1. The van der Waals surface area contributed by atoms with Crippen LogP contribution in [-0.4, -0.2) is 31.4 Å². The molecule has 0 aliphatic carbocycles. The summed E-state index contributed by atoms with van der Waals surface area (Å²) in [6.07, 6.45) is 3.04. The van der Waals surface area contributed by atoms with Crippen molar-refractivity contribution < 1.29 is 14.3 Å². The van der Waals surface area contributed by atoms with E-state index in [1.165, 1.54) is 0 Å². The van der Waals surface area contributed by atoms with Gasteiger partial charge in [-0.05, 0) is 44.0 Å². The number of carbonyl (C=O) groups is 2. The highest BCUT2D eigenvalue weighted by molar-refractivity contribution is 6.16. The molecule has 2 aromatic carbocycles. The van der Waals surface area contributed by atoms with Gasteiger partial charge in [-0.15, -0.1) is 0 Å². The van der Waals surface area contributed by atoms with Gasteiger partial charge in [-0.1, -0.05) is 42.0 Å². The predicted octanol–water partition coefficient (Wildman–Crippen LogP) is 4.42. The predicted molar refractivity (Wildman–Crippen MR) is 108 cm³/mol. The van der Waals surface area contributed by atoms with Crippen LogP contribution < -0.4 is 4.90 Å². The molecule has 1 aliphatic rings. The number of hydrogen-bond acceptors (Lipinski definition) is 4. The van der Waals surface area contributed by atoms with E-state index in [1.807, 2.05) is 68.5 Å². The minimum atomic E-state index is -0.172. The van der Waals surface area contributed by atoms with Gasteiger partial charge in [0, 0.05) is 36.3 Å². The van der Waals surface area contributed by atoms with Crippen LogP contribution in [0.2, 0.25) is 0 Å². The number of carbonyl (C=O) groups excluding carboxylic acids is 2. The zero-order chi connectivity index (χ0) is 19.2. The largest absolute Gasteiger partial charge is 0.466 e. The first kappa shape index (κ1) is 18.9. The van der Waals surface area contributed by atoms with Crippen molar-refractivity contribution in [3.63, 3.8) is 0 Å². The van der Waals surface area contributed by atoms with Crippen LogP contribution in [0.4, 0.5) is 5.69 Å². The summed E-state index contributed by atoms with van der Waals surface area (Å²) in [4.78, 5) is 26.8. The second-order valence-electron chi connectivity index (χ2n) is 6.76.